The monoisotopic (exact) mass is 255 g/mol. The van der Waals surface area contributed by atoms with E-state index in [4.69, 9.17) is 0 Å². The fraction of sp³-hybridized carbons (Fsp3) is 0.600. The third-order valence-electron chi connectivity index (χ3n) is 2.83. The van der Waals surface area contributed by atoms with E-state index in [2.05, 4.69) is 38.1 Å². The van der Waals surface area contributed by atoms with Crippen molar-refractivity contribution in [2.75, 3.05) is 5.32 Å². The minimum absolute atomic E-state index is 0.491. The summed E-state index contributed by atoms with van der Waals surface area (Å²) in [5.41, 5.74) is 0. The molecular formula is C10H14BrN3. The molecule has 0 spiro atoms. The second-order valence-electron chi connectivity index (χ2n) is 3.85. The van der Waals surface area contributed by atoms with Crippen molar-refractivity contribution in [3.63, 3.8) is 0 Å². The summed E-state index contributed by atoms with van der Waals surface area (Å²) in [6.07, 6.45) is 7.58. The van der Waals surface area contributed by atoms with Gasteiger partial charge in [-0.1, -0.05) is 6.42 Å². The highest BCUT2D eigenvalue weighted by Gasteiger charge is 2.23. The van der Waals surface area contributed by atoms with Crippen molar-refractivity contribution in [3.05, 3.63) is 16.9 Å². The molecule has 1 N–H and O–H groups in total. The minimum atomic E-state index is 0.491. The normalized spacial score (nSPS) is 18.7. The van der Waals surface area contributed by atoms with Crippen molar-refractivity contribution >= 4 is 21.9 Å². The van der Waals surface area contributed by atoms with Gasteiger partial charge in [-0.15, -0.1) is 0 Å². The molecule has 3 nitrogen and oxygen atoms in total. The molecule has 1 aromatic rings. The molecule has 0 radical (unpaired) electrons. The highest BCUT2D eigenvalue weighted by atomic mass is 79.9. The first kappa shape index (κ1) is 9.90. The van der Waals surface area contributed by atoms with Crippen LogP contribution in [-0.4, -0.2) is 16.0 Å². The number of anilines is 1. The summed E-state index contributed by atoms with van der Waals surface area (Å²) in [5, 5.41) is 3.33. The van der Waals surface area contributed by atoms with Gasteiger partial charge in [0.2, 0.25) is 5.95 Å². The largest absolute Gasteiger partial charge is 0.351 e. The Labute approximate surface area is 92.5 Å². The molecule has 1 saturated carbocycles. The van der Waals surface area contributed by atoms with E-state index >= 15 is 0 Å². The lowest BCUT2D eigenvalue weighted by Gasteiger charge is -2.31. The van der Waals surface area contributed by atoms with Crippen LogP contribution in [0.5, 0.6) is 0 Å². The summed E-state index contributed by atoms with van der Waals surface area (Å²) < 4.78 is 0.916. The standard InChI is InChI=1S/C10H14BrN3/c1-7(8-3-2-4-8)14-10-12-5-9(11)6-13-10/h5-8H,2-4H2,1H3,(H,12,13,14). The Bertz CT molecular complexity index is 295. The zero-order valence-electron chi connectivity index (χ0n) is 8.20. The molecule has 76 valence electrons. The zero-order valence-corrected chi connectivity index (χ0v) is 9.79. The maximum atomic E-state index is 4.19. The second-order valence-corrected chi connectivity index (χ2v) is 4.76. The first-order valence-corrected chi connectivity index (χ1v) is 5.79. The third-order valence-corrected chi connectivity index (χ3v) is 3.24. The maximum Gasteiger partial charge on any atom is 0.222 e. The lowest BCUT2D eigenvalue weighted by Crippen LogP contribution is -2.31. The van der Waals surface area contributed by atoms with Crippen molar-refractivity contribution in [2.24, 2.45) is 5.92 Å². The number of rotatable bonds is 3. The quantitative estimate of drug-likeness (QED) is 0.903. The van der Waals surface area contributed by atoms with Gasteiger partial charge in [0.15, 0.2) is 0 Å². The van der Waals surface area contributed by atoms with Crippen LogP contribution in [0.15, 0.2) is 16.9 Å². The van der Waals surface area contributed by atoms with Gasteiger partial charge in [-0.2, -0.15) is 0 Å². The molecule has 2 rings (SSSR count). The van der Waals surface area contributed by atoms with Crippen molar-refractivity contribution in [1.29, 1.82) is 0 Å². The van der Waals surface area contributed by atoms with Gasteiger partial charge in [-0.3, -0.25) is 0 Å². The molecule has 1 aliphatic rings. The fourth-order valence-electron chi connectivity index (χ4n) is 1.65. The van der Waals surface area contributed by atoms with Crippen LogP contribution < -0.4 is 5.32 Å². The number of hydrogen-bond donors (Lipinski definition) is 1. The Morgan fingerprint density at radius 1 is 1.43 bits per heavy atom. The smallest absolute Gasteiger partial charge is 0.222 e. The average molecular weight is 256 g/mol. The molecule has 1 aliphatic carbocycles. The van der Waals surface area contributed by atoms with Crippen LogP contribution in [0.2, 0.25) is 0 Å². The molecule has 0 saturated heterocycles. The molecular weight excluding hydrogens is 242 g/mol. The first-order chi connectivity index (χ1) is 6.75. The number of nitrogens with one attached hydrogen (secondary N) is 1. The summed E-state index contributed by atoms with van der Waals surface area (Å²) in [7, 11) is 0. The highest BCUT2D eigenvalue weighted by Crippen LogP contribution is 2.30. The lowest BCUT2D eigenvalue weighted by atomic mass is 9.80. The highest BCUT2D eigenvalue weighted by molar-refractivity contribution is 9.10. The van der Waals surface area contributed by atoms with Gasteiger partial charge < -0.3 is 5.32 Å². The van der Waals surface area contributed by atoms with E-state index in [1.165, 1.54) is 19.3 Å². The van der Waals surface area contributed by atoms with E-state index in [1.54, 1.807) is 12.4 Å². The van der Waals surface area contributed by atoms with Gasteiger partial charge >= 0.3 is 0 Å². The van der Waals surface area contributed by atoms with Crippen molar-refractivity contribution in [3.8, 4) is 0 Å². The lowest BCUT2D eigenvalue weighted by molar-refractivity contribution is 0.284. The molecule has 0 aromatic carbocycles. The average Bonchev–Trinajstić information content (AvgIpc) is 2.06. The predicted octanol–water partition coefficient (Wildman–Crippen LogP) is 2.84. The summed E-state index contributed by atoms with van der Waals surface area (Å²) in [6.45, 7) is 2.20. The van der Waals surface area contributed by atoms with Gasteiger partial charge in [0.25, 0.3) is 0 Å². The van der Waals surface area contributed by atoms with Crippen molar-refractivity contribution in [2.45, 2.75) is 32.2 Å². The van der Waals surface area contributed by atoms with Crippen LogP contribution in [0.4, 0.5) is 5.95 Å². The van der Waals surface area contributed by atoms with E-state index in [0.29, 0.717) is 6.04 Å². The van der Waals surface area contributed by atoms with E-state index in [-0.39, 0.29) is 0 Å². The van der Waals surface area contributed by atoms with Crippen LogP contribution in [0, 0.1) is 5.92 Å². The molecule has 1 heterocycles. The molecule has 0 bridgehead atoms. The Kier molecular flexibility index (Phi) is 3.01. The van der Waals surface area contributed by atoms with Gasteiger partial charge in [0, 0.05) is 18.4 Å². The third kappa shape index (κ3) is 2.23. The Morgan fingerprint density at radius 3 is 2.57 bits per heavy atom. The van der Waals surface area contributed by atoms with E-state index in [9.17, 15) is 0 Å². The molecule has 1 unspecified atom stereocenters. The van der Waals surface area contributed by atoms with Crippen molar-refractivity contribution in [1.82, 2.24) is 9.97 Å². The number of aromatic nitrogens is 2. The van der Waals surface area contributed by atoms with Crippen LogP contribution >= 0.6 is 15.9 Å². The van der Waals surface area contributed by atoms with Crippen LogP contribution in [0.3, 0.4) is 0 Å². The summed E-state index contributed by atoms with van der Waals surface area (Å²) in [4.78, 5) is 8.38. The summed E-state index contributed by atoms with van der Waals surface area (Å²) in [6, 6.07) is 0.491. The Morgan fingerprint density at radius 2 is 2.07 bits per heavy atom. The summed E-state index contributed by atoms with van der Waals surface area (Å²) >= 11 is 3.31. The molecule has 1 atom stereocenters. The predicted molar refractivity (Wildman–Crippen MR) is 60.2 cm³/mol. The Balaban J connectivity index is 1.92. The molecule has 0 amide bonds. The maximum absolute atomic E-state index is 4.19. The van der Waals surface area contributed by atoms with E-state index in [1.807, 2.05) is 0 Å². The first-order valence-electron chi connectivity index (χ1n) is 5.00. The van der Waals surface area contributed by atoms with Gasteiger partial charge in [0.1, 0.15) is 0 Å². The molecule has 14 heavy (non-hydrogen) atoms. The summed E-state index contributed by atoms with van der Waals surface area (Å²) in [5.74, 6) is 1.54. The van der Waals surface area contributed by atoms with Crippen molar-refractivity contribution < 1.29 is 0 Å². The molecule has 1 aromatic heterocycles. The topological polar surface area (TPSA) is 37.8 Å². The zero-order chi connectivity index (χ0) is 9.97. The van der Waals surface area contributed by atoms with Crippen LogP contribution in [-0.2, 0) is 0 Å². The number of hydrogen-bond acceptors (Lipinski definition) is 3. The number of nitrogens with zero attached hydrogens (tertiary/aromatic N) is 2. The SMILES string of the molecule is CC(Nc1ncc(Br)cn1)C1CCC1. The number of halogens is 1. The molecule has 4 heteroatoms. The molecule has 0 aliphatic heterocycles. The van der Waals surface area contributed by atoms with Crippen LogP contribution in [0.25, 0.3) is 0 Å². The molecule has 1 fully saturated rings. The van der Waals surface area contributed by atoms with E-state index in [0.717, 1.165) is 16.3 Å². The Hall–Kier alpha value is -0.640. The van der Waals surface area contributed by atoms with Crippen LogP contribution in [0.1, 0.15) is 26.2 Å². The minimum Gasteiger partial charge on any atom is -0.351 e. The van der Waals surface area contributed by atoms with Gasteiger partial charge in [0.05, 0.1) is 4.47 Å². The fourth-order valence-corrected chi connectivity index (χ4v) is 1.85. The second kappa shape index (κ2) is 4.26. The van der Waals surface area contributed by atoms with E-state index < -0.39 is 0 Å². The van der Waals surface area contributed by atoms with Gasteiger partial charge in [-0.25, -0.2) is 9.97 Å². The van der Waals surface area contributed by atoms with Gasteiger partial charge in [-0.05, 0) is 41.6 Å².